The maximum Gasteiger partial charge on any atom is 0.275 e. The molecule has 3 rings (SSSR count). The minimum atomic E-state index is -3.79. The van der Waals surface area contributed by atoms with E-state index in [4.69, 9.17) is 16.3 Å². The Bertz CT molecular complexity index is 1180. The summed E-state index contributed by atoms with van der Waals surface area (Å²) in [5, 5.41) is 0. The largest absolute Gasteiger partial charge is 0.383 e. The third-order valence-electron chi connectivity index (χ3n) is 4.93. The van der Waals surface area contributed by atoms with Gasteiger partial charge < -0.3 is 14.5 Å². The highest BCUT2D eigenvalue weighted by atomic mass is 35.5. The Balaban J connectivity index is 1.64. The van der Waals surface area contributed by atoms with Gasteiger partial charge in [0.25, 0.3) is 11.8 Å². The lowest BCUT2D eigenvalue weighted by Gasteiger charge is -2.20. The van der Waals surface area contributed by atoms with Gasteiger partial charge >= 0.3 is 0 Å². The van der Waals surface area contributed by atoms with E-state index < -0.39 is 21.7 Å². The highest BCUT2D eigenvalue weighted by molar-refractivity contribution is 7.89. The van der Waals surface area contributed by atoms with Gasteiger partial charge in [-0.05, 0) is 42.8 Å². The zero-order valence-electron chi connectivity index (χ0n) is 18.0. The molecule has 8 nitrogen and oxygen atoms in total. The second kappa shape index (κ2) is 10.6. The average Bonchev–Trinajstić information content (AvgIpc) is 3.35. The van der Waals surface area contributed by atoms with Crippen molar-refractivity contribution in [3.8, 4) is 0 Å². The van der Waals surface area contributed by atoms with E-state index in [1.165, 1.54) is 41.6 Å². The second-order valence-electron chi connectivity index (χ2n) is 7.30. The van der Waals surface area contributed by atoms with Crippen LogP contribution < -0.4 is 9.62 Å². The summed E-state index contributed by atoms with van der Waals surface area (Å²) in [6.45, 7) is 0.682. The van der Waals surface area contributed by atoms with Crippen molar-refractivity contribution < 1.29 is 27.1 Å². The minimum Gasteiger partial charge on any atom is -0.383 e. The first kappa shape index (κ1) is 25.2. The van der Waals surface area contributed by atoms with Crippen LogP contribution in [0.2, 0.25) is 4.34 Å². The molecule has 0 saturated heterocycles. The molecule has 2 amide bonds. The van der Waals surface area contributed by atoms with Crippen LogP contribution in [0, 0.1) is 5.82 Å². The quantitative estimate of drug-likeness (QED) is 0.525. The third kappa shape index (κ3) is 6.32. The minimum absolute atomic E-state index is 0.00479. The normalized spacial score (nSPS) is 13.9. The van der Waals surface area contributed by atoms with Crippen molar-refractivity contribution in [2.24, 2.45) is 0 Å². The number of hydrogen-bond donors (Lipinski definition) is 1. The number of carbonyl (C=O) groups excluding carboxylic acids is 2. The molecule has 0 atom stereocenters. The molecule has 2 aromatic rings. The monoisotopic (exact) mass is 515 g/mol. The molecule has 0 fully saturated rings. The molecule has 1 N–H and O–H groups in total. The predicted octanol–water partition coefficient (Wildman–Crippen LogP) is 2.65. The Hall–Kier alpha value is -2.47. The van der Waals surface area contributed by atoms with Gasteiger partial charge in [-0.1, -0.05) is 11.6 Å². The number of sulfonamides is 1. The summed E-state index contributed by atoms with van der Waals surface area (Å²) in [5.74, 6) is -2.05. The highest BCUT2D eigenvalue weighted by Gasteiger charge is 2.30. The number of thiophene rings is 1. The average molecular weight is 516 g/mol. The number of aryl methyl sites for hydroxylation is 1. The SMILES string of the molecule is COCCN(C)C(=O)c1ccc(N2CC=C(NS(=O)(=O)CCc3ccc(Cl)s3)C2=O)c(F)c1. The van der Waals surface area contributed by atoms with E-state index in [9.17, 15) is 22.4 Å². The number of halogens is 2. The van der Waals surface area contributed by atoms with Gasteiger partial charge in [0.15, 0.2) is 0 Å². The molecule has 0 radical (unpaired) electrons. The van der Waals surface area contributed by atoms with Crippen LogP contribution in [0.1, 0.15) is 15.2 Å². The number of likely N-dealkylation sites (N-methyl/N-ethyl adjacent to an activating group) is 1. The van der Waals surface area contributed by atoms with Crippen molar-refractivity contribution in [1.29, 1.82) is 0 Å². The standard InChI is InChI=1S/C21H23ClFN3O5S2/c1-25(10-11-31-2)20(27)14-3-5-18(16(23)13-14)26-9-7-17(21(26)28)24-33(29,30)12-8-15-4-6-19(22)32-15/h3-7,13,24H,8-12H2,1-2H3. The van der Waals surface area contributed by atoms with Gasteiger partial charge in [-0.2, -0.15) is 0 Å². The Morgan fingerprint density at radius 3 is 2.73 bits per heavy atom. The smallest absolute Gasteiger partial charge is 0.275 e. The van der Waals surface area contributed by atoms with Crippen LogP contribution in [0.5, 0.6) is 0 Å². The number of nitrogens with one attached hydrogen (secondary N) is 1. The van der Waals surface area contributed by atoms with Crippen LogP contribution in [0.15, 0.2) is 42.1 Å². The summed E-state index contributed by atoms with van der Waals surface area (Å²) in [6, 6.07) is 7.25. The first-order valence-electron chi connectivity index (χ1n) is 9.92. The molecule has 33 heavy (non-hydrogen) atoms. The van der Waals surface area contributed by atoms with Gasteiger partial charge in [0, 0.05) is 37.7 Å². The molecule has 0 saturated carbocycles. The molecule has 2 heterocycles. The van der Waals surface area contributed by atoms with E-state index in [1.807, 2.05) is 0 Å². The number of benzene rings is 1. The van der Waals surface area contributed by atoms with Gasteiger partial charge in [0.05, 0.1) is 22.4 Å². The van der Waals surface area contributed by atoms with Gasteiger partial charge in [-0.3, -0.25) is 14.3 Å². The molecule has 0 spiro atoms. The topological polar surface area (TPSA) is 96.0 Å². The van der Waals surface area contributed by atoms with E-state index in [1.54, 1.807) is 19.2 Å². The molecular formula is C21H23ClFN3O5S2. The predicted molar refractivity (Wildman–Crippen MR) is 126 cm³/mol. The first-order valence-corrected chi connectivity index (χ1v) is 12.8. The van der Waals surface area contributed by atoms with Crippen LogP contribution in [0.25, 0.3) is 0 Å². The number of amides is 2. The fraction of sp³-hybridized carbons (Fsp3) is 0.333. The van der Waals surface area contributed by atoms with Crippen LogP contribution in [0.4, 0.5) is 10.1 Å². The van der Waals surface area contributed by atoms with Crippen molar-refractivity contribution in [3.05, 3.63) is 62.7 Å². The molecule has 1 aliphatic rings. The first-order chi connectivity index (χ1) is 15.6. The van der Waals surface area contributed by atoms with Gasteiger partial charge in [-0.25, -0.2) is 12.8 Å². The number of rotatable bonds is 10. The second-order valence-corrected chi connectivity index (χ2v) is 10.9. The molecule has 0 bridgehead atoms. The molecular weight excluding hydrogens is 493 g/mol. The molecule has 0 aliphatic carbocycles. The number of ether oxygens (including phenoxy) is 1. The summed E-state index contributed by atoms with van der Waals surface area (Å²) >= 11 is 7.14. The Morgan fingerprint density at radius 1 is 1.33 bits per heavy atom. The van der Waals surface area contributed by atoms with E-state index in [2.05, 4.69) is 4.72 Å². The highest BCUT2D eigenvalue weighted by Crippen LogP contribution is 2.26. The van der Waals surface area contributed by atoms with Crippen molar-refractivity contribution in [2.75, 3.05) is 44.5 Å². The molecule has 1 aliphatic heterocycles. The van der Waals surface area contributed by atoms with Gasteiger partial charge in [-0.15, -0.1) is 11.3 Å². The van der Waals surface area contributed by atoms with Gasteiger partial charge in [0.2, 0.25) is 10.0 Å². The van der Waals surface area contributed by atoms with Crippen molar-refractivity contribution >= 4 is 50.5 Å². The number of carbonyl (C=O) groups is 2. The molecule has 178 valence electrons. The Morgan fingerprint density at radius 2 is 2.09 bits per heavy atom. The van der Waals surface area contributed by atoms with Crippen LogP contribution in [-0.2, 0) is 26.0 Å². The number of hydrogen-bond acceptors (Lipinski definition) is 6. The summed E-state index contributed by atoms with van der Waals surface area (Å²) in [7, 11) is -0.702. The van der Waals surface area contributed by atoms with Crippen LogP contribution in [-0.4, -0.2) is 64.7 Å². The van der Waals surface area contributed by atoms with E-state index in [0.717, 1.165) is 15.8 Å². The zero-order chi connectivity index (χ0) is 24.2. The lowest BCUT2D eigenvalue weighted by Crippen LogP contribution is -2.35. The number of anilines is 1. The number of methoxy groups -OCH3 is 1. The van der Waals surface area contributed by atoms with Crippen molar-refractivity contribution in [1.82, 2.24) is 9.62 Å². The Kier molecular flexibility index (Phi) is 8.11. The fourth-order valence-corrected chi connectivity index (χ4v) is 5.45. The van der Waals surface area contributed by atoms with E-state index >= 15 is 0 Å². The summed E-state index contributed by atoms with van der Waals surface area (Å²) in [5.41, 5.74) is -0.0584. The Labute approximate surface area is 200 Å². The molecule has 1 aromatic heterocycles. The number of nitrogens with zero attached hydrogens (tertiary/aromatic N) is 2. The van der Waals surface area contributed by atoms with Crippen LogP contribution >= 0.6 is 22.9 Å². The lowest BCUT2D eigenvalue weighted by molar-refractivity contribution is -0.114. The van der Waals surface area contributed by atoms with Crippen molar-refractivity contribution in [2.45, 2.75) is 6.42 Å². The summed E-state index contributed by atoms with van der Waals surface area (Å²) < 4.78 is 47.4. The maximum atomic E-state index is 14.8. The van der Waals surface area contributed by atoms with Crippen molar-refractivity contribution in [3.63, 3.8) is 0 Å². The maximum absolute atomic E-state index is 14.8. The summed E-state index contributed by atoms with van der Waals surface area (Å²) in [4.78, 5) is 28.4. The van der Waals surface area contributed by atoms with Crippen LogP contribution in [0.3, 0.4) is 0 Å². The van der Waals surface area contributed by atoms with Gasteiger partial charge in [0.1, 0.15) is 11.5 Å². The van der Waals surface area contributed by atoms with E-state index in [-0.39, 0.29) is 41.6 Å². The molecule has 12 heteroatoms. The molecule has 1 aromatic carbocycles. The van der Waals surface area contributed by atoms with E-state index in [0.29, 0.717) is 17.5 Å². The third-order valence-corrected chi connectivity index (χ3v) is 7.49. The lowest BCUT2D eigenvalue weighted by atomic mass is 10.1. The fourth-order valence-electron chi connectivity index (χ4n) is 3.14. The zero-order valence-corrected chi connectivity index (χ0v) is 20.4. The molecule has 0 unspecified atom stereocenters. The summed E-state index contributed by atoms with van der Waals surface area (Å²) in [6.07, 6.45) is 1.64.